The number of benzene rings is 1. The van der Waals surface area contributed by atoms with E-state index in [1.165, 1.54) is 6.42 Å². The van der Waals surface area contributed by atoms with Crippen molar-refractivity contribution in [1.29, 1.82) is 0 Å². The Kier molecular flexibility index (Phi) is 3.99. The molecule has 2 unspecified atom stereocenters. The second kappa shape index (κ2) is 5.48. The molecule has 2 nitrogen and oxygen atoms in total. The molecule has 0 spiro atoms. The highest BCUT2D eigenvalue weighted by Gasteiger charge is 2.26. The van der Waals surface area contributed by atoms with Crippen LogP contribution in [0.2, 0.25) is 0 Å². The molecule has 2 atom stereocenters. The normalized spacial score (nSPS) is 25.1. The smallest absolute Gasteiger partial charge is 0.338 e. The van der Waals surface area contributed by atoms with E-state index in [4.69, 9.17) is 4.74 Å². The summed E-state index contributed by atoms with van der Waals surface area (Å²) in [4.78, 5) is 12.1. The average Bonchev–Trinajstić information content (AvgIpc) is 2.33. The lowest BCUT2D eigenvalue weighted by atomic mass is 9.97. The minimum atomic E-state index is -0.211. The Bertz CT molecular complexity index is 350. The van der Waals surface area contributed by atoms with Crippen LogP contribution in [0.4, 0.5) is 0 Å². The Hall–Kier alpha value is -0.830. The van der Waals surface area contributed by atoms with Gasteiger partial charge >= 0.3 is 5.97 Å². The summed E-state index contributed by atoms with van der Waals surface area (Å²) < 4.78 is 5.50. The van der Waals surface area contributed by atoms with Crippen molar-refractivity contribution < 1.29 is 9.53 Å². The molecule has 1 fully saturated rings. The molecule has 0 saturated heterocycles. The van der Waals surface area contributed by atoms with Crippen LogP contribution in [0.5, 0.6) is 0 Å². The summed E-state index contributed by atoms with van der Waals surface area (Å²) in [6.45, 7) is 0. The number of alkyl halides is 1. The topological polar surface area (TPSA) is 26.3 Å². The summed E-state index contributed by atoms with van der Waals surface area (Å²) in [5.74, 6) is -0.211. The Labute approximate surface area is 104 Å². The third kappa shape index (κ3) is 2.85. The van der Waals surface area contributed by atoms with Crippen LogP contribution < -0.4 is 0 Å². The number of hydrogen-bond donors (Lipinski definition) is 0. The van der Waals surface area contributed by atoms with E-state index >= 15 is 0 Å². The third-order valence-corrected chi connectivity index (χ3v) is 3.94. The zero-order valence-electron chi connectivity index (χ0n) is 9.06. The van der Waals surface area contributed by atoms with E-state index in [0.29, 0.717) is 10.4 Å². The lowest BCUT2D eigenvalue weighted by Crippen LogP contribution is -2.30. The van der Waals surface area contributed by atoms with Crippen LogP contribution in [-0.2, 0) is 4.74 Å². The van der Waals surface area contributed by atoms with E-state index in [0.717, 1.165) is 19.3 Å². The number of hydrogen-bond acceptors (Lipinski definition) is 2. The number of rotatable bonds is 2. The molecule has 0 N–H and O–H groups in total. The molecule has 3 heteroatoms. The van der Waals surface area contributed by atoms with Crippen molar-refractivity contribution in [3.05, 3.63) is 35.9 Å². The zero-order chi connectivity index (χ0) is 11.4. The Morgan fingerprint density at radius 3 is 2.56 bits per heavy atom. The van der Waals surface area contributed by atoms with Crippen molar-refractivity contribution in [2.45, 2.75) is 36.6 Å². The molecule has 1 aromatic carbocycles. The van der Waals surface area contributed by atoms with Gasteiger partial charge in [-0.1, -0.05) is 40.5 Å². The van der Waals surface area contributed by atoms with Gasteiger partial charge in [-0.3, -0.25) is 0 Å². The Balaban J connectivity index is 1.96. The summed E-state index contributed by atoms with van der Waals surface area (Å²) in [7, 11) is 0. The van der Waals surface area contributed by atoms with Crippen LogP contribution in [0.1, 0.15) is 36.0 Å². The number of esters is 1. The highest BCUT2D eigenvalue weighted by molar-refractivity contribution is 9.09. The van der Waals surface area contributed by atoms with Crippen LogP contribution in [0.3, 0.4) is 0 Å². The van der Waals surface area contributed by atoms with Crippen LogP contribution in [0.15, 0.2) is 30.3 Å². The fraction of sp³-hybridized carbons (Fsp3) is 0.462. The molecule has 0 aromatic heterocycles. The van der Waals surface area contributed by atoms with Gasteiger partial charge in [-0.2, -0.15) is 0 Å². The minimum Gasteiger partial charge on any atom is -0.458 e. The molecule has 0 bridgehead atoms. The van der Waals surface area contributed by atoms with Crippen LogP contribution in [0.25, 0.3) is 0 Å². The molecule has 0 heterocycles. The van der Waals surface area contributed by atoms with Crippen LogP contribution in [-0.4, -0.2) is 16.9 Å². The Morgan fingerprint density at radius 2 is 1.88 bits per heavy atom. The molecule has 1 aliphatic rings. The molecule has 0 amide bonds. The van der Waals surface area contributed by atoms with Gasteiger partial charge in [-0.05, 0) is 31.4 Å². The summed E-state index contributed by atoms with van der Waals surface area (Å²) in [5, 5.41) is 0. The second-order valence-electron chi connectivity index (χ2n) is 4.11. The van der Waals surface area contributed by atoms with Gasteiger partial charge in [0.1, 0.15) is 6.10 Å². The number of halogens is 1. The van der Waals surface area contributed by atoms with Crippen molar-refractivity contribution in [2.24, 2.45) is 0 Å². The van der Waals surface area contributed by atoms with Gasteiger partial charge in [-0.25, -0.2) is 4.79 Å². The lowest BCUT2D eigenvalue weighted by Gasteiger charge is -2.27. The van der Waals surface area contributed by atoms with Gasteiger partial charge in [0, 0.05) is 0 Å². The van der Waals surface area contributed by atoms with Crippen molar-refractivity contribution in [1.82, 2.24) is 0 Å². The number of ether oxygens (including phenoxy) is 1. The van der Waals surface area contributed by atoms with Crippen molar-refractivity contribution in [3.8, 4) is 0 Å². The van der Waals surface area contributed by atoms with E-state index in [1.54, 1.807) is 12.1 Å². The number of carbonyl (C=O) groups is 1. The summed E-state index contributed by atoms with van der Waals surface area (Å²) in [6.07, 6.45) is 4.45. The van der Waals surface area contributed by atoms with Crippen molar-refractivity contribution in [3.63, 3.8) is 0 Å². The van der Waals surface area contributed by atoms with Gasteiger partial charge in [-0.15, -0.1) is 0 Å². The minimum absolute atomic E-state index is 0.0291. The van der Waals surface area contributed by atoms with E-state index < -0.39 is 0 Å². The maximum atomic E-state index is 11.8. The summed E-state index contributed by atoms with van der Waals surface area (Å²) in [5.41, 5.74) is 0.632. The molecule has 1 saturated carbocycles. The van der Waals surface area contributed by atoms with Gasteiger partial charge in [0.05, 0.1) is 10.4 Å². The second-order valence-corrected chi connectivity index (χ2v) is 5.29. The highest BCUT2D eigenvalue weighted by atomic mass is 79.9. The first-order valence-electron chi connectivity index (χ1n) is 5.67. The monoisotopic (exact) mass is 282 g/mol. The predicted octanol–water partition coefficient (Wildman–Crippen LogP) is 3.55. The molecule has 0 radical (unpaired) electrons. The van der Waals surface area contributed by atoms with Crippen LogP contribution >= 0.6 is 15.9 Å². The predicted molar refractivity (Wildman–Crippen MR) is 66.8 cm³/mol. The van der Waals surface area contributed by atoms with Gasteiger partial charge < -0.3 is 4.74 Å². The van der Waals surface area contributed by atoms with Crippen molar-refractivity contribution in [2.75, 3.05) is 0 Å². The average molecular weight is 283 g/mol. The first kappa shape index (κ1) is 11.6. The van der Waals surface area contributed by atoms with Gasteiger partial charge in [0.25, 0.3) is 0 Å². The molecule has 1 aromatic rings. The largest absolute Gasteiger partial charge is 0.458 e. The summed E-state index contributed by atoms with van der Waals surface area (Å²) in [6, 6.07) is 9.17. The number of carbonyl (C=O) groups excluding carboxylic acids is 1. The third-order valence-electron chi connectivity index (χ3n) is 2.89. The molecular weight excluding hydrogens is 268 g/mol. The summed E-state index contributed by atoms with van der Waals surface area (Å²) >= 11 is 3.58. The van der Waals surface area contributed by atoms with E-state index in [2.05, 4.69) is 15.9 Å². The highest BCUT2D eigenvalue weighted by Crippen LogP contribution is 2.27. The van der Waals surface area contributed by atoms with E-state index in [9.17, 15) is 4.79 Å². The fourth-order valence-electron chi connectivity index (χ4n) is 1.96. The van der Waals surface area contributed by atoms with Gasteiger partial charge in [0.15, 0.2) is 0 Å². The maximum Gasteiger partial charge on any atom is 0.338 e. The molecular formula is C13H15BrO2. The van der Waals surface area contributed by atoms with Crippen LogP contribution in [0, 0.1) is 0 Å². The maximum absolute atomic E-state index is 11.8. The molecule has 2 rings (SSSR count). The van der Waals surface area contributed by atoms with Crippen molar-refractivity contribution >= 4 is 21.9 Å². The van der Waals surface area contributed by atoms with E-state index in [-0.39, 0.29) is 12.1 Å². The zero-order valence-corrected chi connectivity index (χ0v) is 10.7. The van der Waals surface area contributed by atoms with Gasteiger partial charge in [0.2, 0.25) is 0 Å². The Morgan fingerprint density at radius 1 is 1.19 bits per heavy atom. The molecule has 1 aliphatic carbocycles. The first-order valence-corrected chi connectivity index (χ1v) is 6.59. The standard InChI is InChI=1S/C13H15BrO2/c14-11-8-4-5-9-12(11)16-13(15)10-6-2-1-3-7-10/h1-3,6-7,11-12H,4-5,8-9H2. The molecule has 86 valence electrons. The molecule has 0 aliphatic heterocycles. The molecule has 16 heavy (non-hydrogen) atoms. The lowest BCUT2D eigenvalue weighted by molar-refractivity contribution is 0.0235. The SMILES string of the molecule is O=C(OC1CCCCC1Br)c1ccccc1. The fourth-order valence-corrected chi connectivity index (χ4v) is 2.66. The quantitative estimate of drug-likeness (QED) is 0.613. The first-order chi connectivity index (χ1) is 7.77. The van der Waals surface area contributed by atoms with E-state index in [1.807, 2.05) is 18.2 Å².